The van der Waals surface area contributed by atoms with Gasteiger partial charge in [-0.25, -0.2) is 0 Å². The van der Waals surface area contributed by atoms with E-state index in [9.17, 15) is 14.7 Å². The van der Waals surface area contributed by atoms with Crippen LogP contribution in [0.1, 0.15) is 13.3 Å². The summed E-state index contributed by atoms with van der Waals surface area (Å²) in [6.07, 6.45) is 1.07. The van der Waals surface area contributed by atoms with Crippen LogP contribution in [0, 0.1) is 0 Å². The number of methoxy groups -OCH3 is 1. The van der Waals surface area contributed by atoms with Crippen LogP contribution in [-0.2, 0) is 14.3 Å². The molecule has 0 saturated carbocycles. The Morgan fingerprint density at radius 1 is 1.80 bits per heavy atom. The number of ketones is 1. The first-order valence-electron chi connectivity index (χ1n) is 4.66. The van der Waals surface area contributed by atoms with Gasteiger partial charge in [-0.3, -0.25) is 9.59 Å². The van der Waals surface area contributed by atoms with Crippen LogP contribution in [0.3, 0.4) is 0 Å². The van der Waals surface area contributed by atoms with Crippen LogP contribution < -0.4 is 0 Å². The zero-order valence-corrected chi connectivity index (χ0v) is 9.54. The molecule has 0 fully saturated rings. The van der Waals surface area contributed by atoms with Gasteiger partial charge in [0, 0.05) is 17.7 Å². The van der Waals surface area contributed by atoms with Gasteiger partial charge in [-0.15, -0.1) is 11.8 Å². The van der Waals surface area contributed by atoms with Gasteiger partial charge in [0.25, 0.3) is 0 Å². The fourth-order valence-electron chi connectivity index (χ4n) is 1.28. The Morgan fingerprint density at radius 2 is 2.47 bits per heavy atom. The molecule has 84 valence electrons. The summed E-state index contributed by atoms with van der Waals surface area (Å²) in [6.45, 7) is 1.73. The molecule has 0 aromatic rings. The lowest BCUT2D eigenvalue weighted by Crippen LogP contribution is -2.16. The van der Waals surface area contributed by atoms with E-state index < -0.39 is 6.10 Å². The maximum absolute atomic E-state index is 11.3. The maximum atomic E-state index is 11.3. The van der Waals surface area contributed by atoms with E-state index in [1.807, 2.05) is 0 Å². The molecule has 0 heterocycles. The van der Waals surface area contributed by atoms with Crippen LogP contribution in [0.15, 0.2) is 11.6 Å². The average Bonchev–Trinajstić information content (AvgIpc) is 2.52. The van der Waals surface area contributed by atoms with E-state index in [2.05, 4.69) is 4.74 Å². The quantitative estimate of drug-likeness (QED) is 0.714. The molecule has 0 aromatic heterocycles. The van der Waals surface area contributed by atoms with Crippen molar-refractivity contribution in [2.75, 3.05) is 12.9 Å². The monoisotopic (exact) mass is 230 g/mol. The van der Waals surface area contributed by atoms with Crippen molar-refractivity contribution < 1.29 is 19.4 Å². The van der Waals surface area contributed by atoms with Gasteiger partial charge in [-0.05, 0) is 13.0 Å². The Morgan fingerprint density at radius 3 is 2.93 bits per heavy atom. The van der Waals surface area contributed by atoms with Gasteiger partial charge >= 0.3 is 5.97 Å². The highest BCUT2D eigenvalue weighted by Gasteiger charge is 2.23. The predicted molar refractivity (Wildman–Crippen MR) is 57.6 cm³/mol. The molecule has 1 unspecified atom stereocenters. The van der Waals surface area contributed by atoms with Crippen LogP contribution in [-0.4, -0.2) is 41.1 Å². The fraction of sp³-hybridized carbons (Fsp3) is 0.600. The van der Waals surface area contributed by atoms with Crippen LogP contribution in [0.2, 0.25) is 0 Å². The van der Waals surface area contributed by atoms with Gasteiger partial charge < -0.3 is 9.84 Å². The van der Waals surface area contributed by atoms with E-state index in [4.69, 9.17) is 0 Å². The molecular formula is C10H14O4S. The van der Waals surface area contributed by atoms with Crippen LogP contribution in [0.5, 0.6) is 0 Å². The zero-order valence-electron chi connectivity index (χ0n) is 8.73. The summed E-state index contributed by atoms with van der Waals surface area (Å²) in [7, 11) is 1.34. The first-order chi connectivity index (χ1) is 7.04. The number of aliphatic hydroxyl groups excluding tert-OH is 1. The highest BCUT2D eigenvalue weighted by Crippen LogP contribution is 2.22. The Kier molecular flexibility index (Phi) is 4.35. The number of carbonyl (C=O) groups is 2. The molecule has 0 aliphatic heterocycles. The lowest BCUT2D eigenvalue weighted by atomic mass is 10.2. The fourth-order valence-corrected chi connectivity index (χ4v) is 2.20. The number of thioether (sulfide) groups is 1. The topological polar surface area (TPSA) is 63.6 Å². The van der Waals surface area contributed by atoms with Crippen molar-refractivity contribution in [3.63, 3.8) is 0 Å². The van der Waals surface area contributed by atoms with Gasteiger partial charge in [0.15, 0.2) is 5.78 Å². The highest BCUT2D eigenvalue weighted by atomic mass is 32.2. The van der Waals surface area contributed by atoms with Crippen LogP contribution in [0.4, 0.5) is 0 Å². The molecule has 0 amide bonds. The molecule has 1 aliphatic rings. The molecule has 0 saturated heterocycles. The summed E-state index contributed by atoms with van der Waals surface area (Å²) in [5.74, 6) is 0.116. The molecule has 0 spiro atoms. The average molecular weight is 230 g/mol. The molecule has 0 aromatic carbocycles. The summed E-state index contributed by atoms with van der Waals surface area (Å²) in [5.41, 5.74) is 0.600. The number of esters is 1. The predicted octanol–water partition coefficient (Wildman–Crippen LogP) is 0.541. The molecule has 0 radical (unpaired) electrons. The minimum atomic E-state index is -0.651. The third-order valence-electron chi connectivity index (χ3n) is 2.17. The smallest absolute Gasteiger partial charge is 0.318 e. The van der Waals surface area contributed by atoms with E-state index in [0.717, 1.165) is 0 Å². The minimum absolute atomic E-state index is 0.0351. The molecule has 1 aliphatic carbocycles. The molecule has 4 nitrogen and oxygen atoms in total. The first-order valence-corrected chi connectivity index (χ1v) is 5.71. The first kappa shape index (κ1) is 12.3. The molecule has 2 atom stereocenters. The Hall–Kier alpha value is -0.810. The molecule has 15 heavy (non-hydrogen) atoms. The standard InChI is InChI=1S/C10H14O4S/c1-6(10(13)14-2)15-5-7-3-8(11)4-9(7)12/h3,6,8,11H,4-5H2,1-2H3/t6?,8-/m0/s1. The van der Waals surface area contributed by atoms with Crippen LogP contribution in [0.25, 0.3) is 0 Å². The second-order valence-electron chi connectivity index (χ2n) is 3.36. The number of hydrogen-bond donors (Lipinski definition) is 1. The van der Waals surface area contributed by atoms with E-state index in [-0.39, 0.29) is 23.4 Å². The van der Waals surface area contributed by atoms with Crippen molar-refractivity contribution in [3.05, 3.63) is 11.6 Å². The summed E-state index contributed by atoms with van der Waals surface area (Å²) in [6, 6.07) is 0. The van der Waals surface area contributed by atoms with Crippen LogP contribution >= 0.6 is 11.8 Å². The maximum Gasteiger partial charge on any atom is 0.318 e. The van der Waals surface area contributed by atoms with E-state index in [1.165, 1.54) is 18.9 Å². The largest absolute Gasteiger partial charge is 0.468 e. The number of hydrogen-bond acceptors (Lipinski definition) is 5. The zero-order chi connectivity index (χ0) is 11.4. The van der Waals surface area contributed by atoms with Gasteiger partial charge in [-0.1, -0.05) is 0 Å². The molecule has 1 rings (SSSR count). The number of Topliss-reactive ketones (excluding diaryl/α,β-unsaturated/α-hetero) is 1. The molecule has 1 N–H and O–H groups in total. The second-order valence-corrected chi connectivity index (χ2v) is 4.69. The third kappa shape index (κ3) is 3.35. The van der Waals surface area contributed by atoms with Crippen molar-refractivity contribution in [1.29, 1.82) is 0 Å². The van der Waals surface area contributed by atoms with Gasteiger partial charge in [0.05, 0.1) is 18.5 Å². The minimum Gasteiger partial charge on any atom is -0.468 e. The lowest BCUT2D eigenvalue weighted by molar-refractivity contribution is -0.139. The van der Waals surface area contributed by atoms with E-state index in [1.54, 1.807) is 13.0 Å². The Bertz CT molecular complexity index is 298. The normalized spacial score (nSPS) is 22.5. The Labute approximate surface area is 92.7 Å². The number of aliphatic hydroxyl groups is 1. The SMILES string of the molecule is COC(=O)C(C)SCC1=C[C@H](O)CC1=O. The number of carbonyl (C=O) groups excluding carboxylic acids is 2. The van der Waals surface area contributed by atoms with Gasteiger partial charge in [0.1, 0.15) is 0 Å². The molecule has 0 bridgehead atoms. The van der Waals surface area contributed by atoms with Crippen molar-refractivity contribution in [2.24, 2.45) is 0 Å². The van der Waals surface area contributed by atoms with E-state index >= 15 is 0 Å². The van der Waals surface area contributed by atoms with Crippen molar-refractivity contribution in [2.45, 2.75) is 24.7 Å². The van der Waals surface area contributed by atoms with Crippen molar-refractivity contribution in [3.8, 4) is 0 Å². The van der Waals surface area contributed by atoms with E-state index in [0.29, 0.717) is 11.3 Å². The number of rotatable bonds is 4. The third-order valence-corrected chi connectivity index (χ3v) is 3.34. The highest BCUT2D eigenvalue weighted by molar-refractivity contribution is 8.00. The summed E-state index contributed by atoms with van der Waals surface area (Å²) in [5, 5.41) is 8.90. The molecule has 5 heteroatoms. The number of ether oxygens (including phenoxy) is 1. The Balaban J connectivity index is 2.40. The lowest BCUT2D eigenvalue weighted by Gasteiger charge is -2.08. The molecular weight excluding hydrogens is 216 g/mol. The van der Waals surface area contributed by atoms with Crippen molar-refractivity contribution >= 4 is 23.5 Å². The summed E-state index contributed by atoms with van der Waals surface area (Å²) >= 11 is 1.34. The summed E-state index contributed by atoms with van der Waals surface area (Å²) in [4.78, 5) is 22.3. The second kappa shape index (κ2) is 5.32. The summed E-state index contributed by atoms with van der Waals surface area (Å²) < 4.78 is 4.56. The van der Waals surface area contributed by atoms with Gasteiger partial charge in [0.2, 0.25) is 0 Å². The van der Waals surface area contributed by atoms with Gasteiger partial charge in [-0.2, -0.15) is 0 Å². The van der Waals surface area contributed by atoms with Crippen molar-refractivity contribution in [1.82, 2.24) is 0 Å².